The van der Waals surface area contributed by atoms with E-state index in [1.807, 2.05) is 6.07 Å². The first-order valence-corrected chi connectivity index (χ1v) is 4.90. The van der Waals surface area contributed by atoms with Crippen LogP contribution in [0, 0.1) is 0 Å². The summed E-state index contributed by atoms with van der Waals surface area (Å²) in [5.74, 6) is -0.358. The lowest BCUT2D eigenvalue weighted by molar-refractivity contribution is -0.126. The van der Waals surface area contributed by atoms with Gasteiger partial charge in [0.05, 0.1) is 0 Å². The Morgan fingerprint density at radius 2 is 1.80 bits per heavy atom. The second-order valence-electron chi connectivity index (χ2n) is 3.43. The highest BCUT2D eigenvalue weighted by Gasteiger charge is 2.12. The van der Waals surface area contributed by atoms with Crippen molar-refractivity contribution in [1.82, 2.24) is 0 Å². The van der Waals surface area contributed by atoms with Crippen LogP contribution in [0.1, 0.15) is 30.1 Å². The molecule has 1 aromatic carbocycles. The number of Topliss-reactive ketones (excluding diaryl/α,β-unsaturated/α-hetero) is 2. The third kappa shape index (κ3) is 3.64. The smallest absolute Gasteiger partial charge is 0.163 e. The topological polar surface area (TPSA) is 54.4 Å². The quantitative estimate of drug-likeness (QED) is 0.744. The largest absolute Gasteiger partial charge is 0.386 e. The van der Waals surface area contributed by atoms with Gasteiger partial charge in [0.15, 0.2) is 11.6 Å². The number of aliphatic hydroxyl groups excluding tert-OH is 1. The van der Waals surface area contributed by atoms with Gasteiger partial charge in [-0.05, 0) is 6.92 Å². The maximum atomic E-state index is 11.5. The van der Waals surface area contributed by atoms with Crippen molar-refractivity contribution in [2.75, 3.05) is 0 Å². The number of hydrogen-bond acceptors (Lipinski definition) is 3. The molecule has 0 heterocycles. The summed E-state index contributed by atoms with van der Waals surface area (Å²) in [6.45, 7) is 1.41. The predicted molar refractivity (Wildman–Crippen MR) is 56.7 cm³/mol. The number of rotatable bonds is 5. The Kier molecular flexibility index (Phi) is 4.18. The molecule has 0 aliphatic carbocycles. The van der Waals surface area contributed by atoms with Gasteiger partial charge in [0.2, 0.25) is 0 Å². The Bertz CT molecular complexity index is 341. The van der Waals surface area contributed by atoms with E-state index < -0.39 is 6.10 Å². The lowest BCUT2D eigenvalue weighted by Crippen LogP contribution is -2.17. The van der Waals surface area contributed by atoms with Crippen LogP contribution in [-0.4, -0.2) is 22.8 Å². The van der Waals surface area contributed by atoms with Gasteiger partial charge < -0.3 is 5.11 Å². The molecule has 0 amide bonds. The zero-order valence-corrected chi connectivity index (χ0v) is 8.64. The molecule has 0 saturated heterocycles. The van der Waals surface area contributed by atoms with Crippen molar-refractivity contribution in [3.63, 3.8) is 0 Å². The number of carbonyl (C=O) groups excluding carboxylic acids is 2. The van der Waals surface area contributed by atoms with Gasteiger partial charge in [-0.2, -0.15) is 0 Å². The summed E-state index contributed by atoms with van der Waals surface area (Å²) in [4.78, 5) is 22.6. The third-order valence-corrected chi connectivity index (χ3v) is 2.16. The highest BCUT2D eigenvalue weighted by molar-refractivity contribution is 5.98. The van der Waals surface area contributed by atoms with Crippen LogP contribution in [0.3, 0.4) is 0 Å². The summed E-state index contributed by atoms with van der Waals surface area (Å²) in [6, 6.07) is 8.83. The number of ketones is 2. The molecule has 0 aromatic heterocycles. The maximum absolute atomic E-state index is 11.5. The molecule has 1 N–H and O–H groups in total. The van der Waals surface area contributed by atoms with Crippen molar-refractivity contribution in [2.45, 2.75) is 25.9 Å². The van der Waals surface area contributed by atoms with Crippen LogP contribution in [0.15, 0.2) is 30.3 Å². The predicted octanol–water partition coefficient (Wildman–Crippen LogP) is 1.60. The molecule has 1 rings (SSSR count). The molecule has 3 heteroatoms. The van der Waals surface area contributed by atoms with E-state index in [4.69, 9.17) is 5.11 Å². The fourth-order valence-electron chi connectivity index (χ4n) is 1.21. The molecule has 0 bridgehead atoms. The van der Waals surface area contributed by atoms with Crippen LogP contribution in [0.5, 0.6) is 0 Å². The third-order valence-electron chi connectivity index (χ3n) is 2.16. The molecular formula is C12H14O3. The van der Waals surface area contributed by atoms with Crippen molar-refractivity contribution in [2.24, 2.45) is 0 Å². The molecular weight excluding hydrogens is 192 g/mol. The van der Waals surface area contributed by atoms with Gasteiger partial charge >= 0.3 is 0 Å². The van der Waals surface area contributed by atoms with Crippen molar-refractivity contribution >= 4 is 11.6 Å². The van der Waals surface area contributed by atoms with E-state index in [0.29, 0.717) is 5.56 Å². The molecule has 0 aliphatic heterocycles. The Labute approximate surface area is 88.7 Å². The lowest BCUT2D eigenvalue weighted by Gasteiger charge is -2.02. The van der Waals surface area contributed by atoms with Gasteiger partial charge in [-0.3, -0.25) is 9.59 Å². The summed E-state index contributed by atoms with van der Waals surface area (Å²) in [7, 11) is 0. The fraction of sp³-hybridized carbons (Fsp3) is 0.333. The Morgan fingerprint density at radius 1 is 1.20 bits per heavy atom. The van der Waals surface area contributed by atoms with Gasteiger partial charge in [0, 0.05) is 18.4 Å². The van der Waals surface area contributed by atoms with Crippen LogP contribution in [0.2, 0.25) is 0 Å². The van der Waals surface area contributed by atoms with Gasteiger partial charge in [0.1, 0.15) is 6.10 Å². The normalized spacial score (nSPS) is 12.1. The minimum Gasteiger partial charge on any atom is -0.386 e. The standard InChI is InChI=1S/C12H14O3/c1-9(13)11(14)7-8-12(15)10-5-3-2-4-6-10/h2-6,9,13H,7-8H2,1H3/t9-/m1/s1. The molecule has 0 aliphatic rings. The van der Waals surface area contributed by atoms with Crippen LogP contribution in [-0.2, 0) is 4.79 Å². The van der Waals surface area contributed by atoms with Crippen molar-refractivity contribution in [1.29, 1.82) is 0 Å². The average molecular weight is 206 g/mol. The van der Waals surface area contributed by atoms with Gasteiger partial charge in [-0.15, -0.1) is 0 Å². The molecule has 1 aromatic rings. The molecule has 80 valence electrons. The van der Waals surface area contributed by atoms with Crippen LogP contribution in [0.4, 0.5) is 0 Å². The van der Waals surface area contributed by atoms with Crippen LogP contribution < -0.4 is 0 Å². The highest BCUT2D eigenvalue weighted by Crippen LogP contribution is 2.06. The zero-order chi connectivity index (χ0) is 11.3. The lowest BCUT2D eigenvalue weighted by atomic mass is 10.0. The highest BCUT2D eigenvalue weighted by atomic mass is 16.3. The summed E-state index contributed by atoms with van der Waals surface area (Å²) >= 11 is 0. The molecule has 0 spiro atoms. The monoisotopic (exact) mass is 206 g/mol. The second-order valence-corrected chi connectivity index (χ2v) is 3.43. The van der Waals surface area contributed by atoms with Crippen LogP contribution >= 0.6 is 0 Å². The minimum atomic E-state index is -0.978. The Morgan fingerprint density at radius 3 is 2.33 bits per heavy atom. The SMILES string of the molecule is C[C@@H](O)C(=O)CCC(=O)c1ccccc1. The minimum absolute atomic E-state index is 0.0652. The summed E-state index contributed by atoms with van der Waals surface area (Å²) < 4.78 is 0. The molecule has 0 unspecified atom stereocenters. The number of aliphatic hydroxyl groups is 1. The van der Waals surface area contributed by atoms with E-state index in [9.17, 15) is 9.59 Å². The van der Waals surface area contributed by atoms with Crippen LogP contribution in [0.25, 0.3) is 0 Å². The first-order valence-electron chi connectivity index (χ1n) is 4.90. The molecule has 1 atom stereocenters. The first-order chi connectivity index (χ1) is 7.11. The fourth-order valence-corrected chi connectivity index (χ4v) is 1.21. The second kappa shape index (κ2) is 5.41. The molecule has 0 fully saturated rings. The first kappa shape index (κ1) is 11.6. The van der Waals surface area contributed by atoms with Crippen molar-refractivity contribution in [3.8, 4) is 0 Å². The summed E-state index contributed by atoms with van der Waals surface area (Å²) in [6.07, 6.45) is -0.715. The summed E-state index contributed by atoms with van der Waals surface area (Å²) in [5.41, 5.74) is 0.607. The summed E-state index contributed by atoms with van der Waals surface area (Å²) in [5, 5.41) is 8.94. The van der Waals surface area contributed by atoms with Crippen molar-refractivity contribution in [3.05, 3.63) is 35.9 Å². The molecule has 3 nitrogen and oxygen atoms in total. The van der Waals surface area contributed by atoms with Gasteiger partial charge in [-0.1, -0.05) is 30.3 Å². The maximum Gasteiger partial charge on any atom is 0.163 e. The van der Waals surface area contributed by atoms with E-state index in [0.717, 1.165) is 0 Å². The van der Waals surface area contributed by atoms with E-state index in [1.54, 1.807) is 24.3 Å². The van der Waals surface area contributed by atoms with E-state index in [-0.39, 0.29) is 24.4 Å². The van der Waals surface area contributed by atoms with Gasteiger partial charge in [-0.25, -0.2) is 0 Å². The van der Waals surface area contributed by atoms with E-state index in [1.165, 1.54) is 6.92 Å². The Hall–Kier alpha value is -1.48. The van der Waals surface area contributed by atoms with Gasteiger partial charge in [0.25, 0.3) is 0 Å². The Balaban J connectivity index is 2.48. The van der Waals surface area contributed by atoms with E-state index >= 15 is 0 Å². The van der Waals surface area contributed by atoms with E-state index in [2.05, 4.69) is 0 Å². The molecule has 15 heavy (non-hydrogen) atoms. The molecule has 0 saturated carbocycles. The number of hydrogen-bond donors (Lipinski definition) is 1. The number of benzene rings is 1. The average Bonchev–Trinajstić information content (AvgIpc) is 2.26. The molecule has 0 radical (unpaired) electrons. The zero-order valence-electron chi connectivity index (χ0n) is 8.64. The van der Waals surface area contributed by atoms with Crippen molar-refractivity contribution < 1.29 is 14.7 Å². The number of carbonyl (C=O) groups is 2.